The summed E-state index contributed by atoms with van der Waals surface area (Å²) in [7, 11) is -1.92. The molecule has 1 aromatic heterocycles. The van der Waals surface area contributed by atoms with Gasteiger partial charge in [0.25, 0.3) is 0 Å². The molecule has 3 N–H and O–H groups in total. The van der Waals surface area contributed by atoms with Gasteiger partial charge in [0.2, 0.25) is 10.0 Å². The first-order valence-corrected chi connectivity index (χ1v) is 7.16. The molecule has 0 aliphatic rings. The first-order chi connectivity index (χ1) is 7.86. The zero-order valence-electron chi connectivity index (χ0n) is 10.5. The van der Waals surface area contributed by atoms with Gasteiger partial charge in [-0.1, -0.05) is 19.8 Å². The normalized spacial score (nSPS) is 13.8. The molecule has 0 saturated heterocycles. The van der Waals surface area contributed by atoms with Gasteiger partial charge in [0.05, 0.1) is 0 Å². The van der Waals surface area contributed by atoms with Gasteiger partial charge in [0, 0.05) is 19.3 Å². The van der Waals surface area contributed by atoms with Crippen LogP contribution in [0.4, 0.5) is 5.82 Å². The number of rotatable bonds is 6. The zero-order valence-corrected chi connectivity index (χ0v) is 11.3. The van der Waals surface area contributed by atoms with Crippen molar-refractivity contribution in [2.24, 2.45) is 7.05 Å². The fraction of sp³-hybridized carbons (Fsp3) is 0.700. The Kier molecular flexibility index (Phi) is 4.53. The Morgan fingerprint density at radius 2 is 2.24 bits per heavy atom. The maximum atomic E-state index is 12.0. The van der Waals surface area contributed by atoms with E-state index < -0.39 is 10.0 Å². The van der Waals surface area contributed by atoms with Gasteiger partial charge in [-0.2, -0.15) is 5.10 Å². The number of hydrogen-bond donors (Lipinski definition) is 2. The van der Waals surface area contributed by atoms with Crippen molar-refractivity contribution in [1.82, 2.24) is 14.5 Å². The Morgan fingerprint density at radius 1 is 1.59 bits per heavy atom. The van der Waals surface area contributed by atoms with Gasteiger partial charge in [-0.05, 0) is 13.3 Å². The van der Waals surface area contributed by atoms with Crippen LogP contribution < -0.4 is 10.5 Å². The molecule has 1 atom stereocenters. The highest BCUT2D eigenvalue weighted by Crippen LogP contribution is 2.16. The summed E-state index contributed by atoms with van der Waals surface area (Å²) in [6, 6.07) is -0.0976. The number of unbranched alkanes of at least 4 members (excludes halogenated alkanes) is 1. The number of nitrogens with zero attached hydrogens (tertiary/aromatic N) is 2. The molecule has 0 aliphatic heterocycles. The molecule has 98 valence electrons. The van der Waals surface area contributed by atoms with Crippen molar-refractivity contribution in [3.05, 3.63) is 6.20 Å². The van der Waals surface area contributed by atoms with Gasteiger partial charge >= 0.3 is 0 Å². The molecule has 0 aromatic carbocycles. The smallest absolute Gasteiger partial charge is 0.246 e. The van der Waals surface area contributed by atoms with Crippen LogP contribution in [0.25, 0.3) is 0 Å². The lowest BCUT2D eigenvalue weighted by atomic mass is 10.2. The van der Waals surface area contributed by atoms with Crippen LogP contribution in [0, 0.1) is 0 Å². The van der Waals surface area contributed by atoms with Crippen LogP contribution in [0.3, 0.4) is 0 Å². The Hall–Kier alpha value is -1.08. The molecule has 1 heterocycles. The predicted octanol–water partition coefficient (Wildman–Crippen LogP) is 0.859. The maximum absolute atomic E-state index is 12.0. The van der Waals surface area contributed by atoms with Gasteiger partial charge in [0.15, 0.2) is 5.82 Å². The van der Waals surface area contributed by atoms with Gasteiger partial charge in [-0.3, -0.25) is 4.68 Å². The Balaban J connectivity index is 2.79. The summed E-state index contributed by atoms with van der Waals surface area (Å²) in [6.07, 6.45) is 4.26. The van der Waals surface area contributed by atoms with E-state index in [2.05, 4.69) is 16.7 Å². The standard InChI is InChI=1S/C10H20N4O2S/c1-4-5-6-8(2)13-17(15,16)9-7-14(3)12-10(9)11/h7-8,13H,4-6H2,1-3H3,(H2,11,12). The van der Waals surface area contributed by atoms with Crippen molar-refractivity contribution >= 4 is 15.8 Å². The molecule has 1 aromatic rings. The van der Waals surface area contributed by atoms with Gasteiger partial charge < -0.3 is 5.73 Å². The number of anilines is 1. The van der Waals surface area contributed by atoms with Crippen LogP contribution in [0.1, 0.15) is 33.1 Å². The third-order valence-corrected chi connectivity index (χ3v) is 4.06. The first-order valence-electron chi connectivity index (χ1n) is 5.68. The number of aromatic nitrogens is 2. The van der Waals surface area contributed by atoms with Crippen molar-refractivity contribution in [3.63, 3.8) is 0 Å². The van der Waals surface area contributed by atoms with E-state index in [0.717, 1.165) is 19.3 Å². The summed E-state index contributed by atoms with van der Waals surface area (Å²) >= 11 is 0. The van der Waals surface area contributed by atoms with E-state index in [1.54, 1.807) is 7.05 Å². The van der Waals surface area contributed by atoms with Crippen LogP contribution in [0.15, 0.2) is 11.1 Å². The average Bonchev–Trinajstić information content (AvgIpc) is 2.55. The second-order valence-electron chi connectivity index (χ2n) is 4.22. The third-order valence-electron chi connectivity index (χ3n) is 2.46. The van der Waals surface area contributed by atoms with E-state index in [9.17, 15) is 8.42 Å². The summed E-state index contributed by atoms with van der Waals surface area (Å²) in [6.45, 7) is 3.92. The van der Waals surface area contributed by atoms with Crippen molar-refractivity contribution < 1.29 is 8.42 Å². The van der Waals surface area contributed by atoms with E-state index in [1.165, 1.54) is 10.9 Å². The molecule has 7 heteroatoms. The predicted molar refractivity (Wildman–Crippen MR) is 66.9 cm³/mol. The lowest BCUT2D eigenvalue weighted by molar-refractivity contribution is 0.534. The number of nitrogens with two attached hydrogens (primary N) is 1. The minimum Gasteiger partial charge on any atom is -0.381 e. The van der Waals surface area contributed by atoms with Crippen LogP contribution in [0.2, 0.25) is 0 Å². The Labute approximate surface area is 102 Å². The Bertz CT molecular complexity index is 467. The molecular weight excluding hydrogens is 240 g/mol. The number of aryl methyl sites for hydroxylation is 1. The van der Waals surface area contributed by atoms with Gasteiger partial charge in [-0.15, -0.1) is 0 Å². The highest BCUT2D eigenvalue weighted by molar-refractivity contribution is 7.89. The quantitative estimate of drug-likeness (QED) is 0.793. The third kappa shape index (κ3) is 3.71. The highest BCUT2D eigenvalue weighted by atomic mass is 32.2. The number of hydrogen-bond acceptors (Lipinski definition) is 4. The highest BCUT2D eigenvalue weighted by Gasteiger charge is 2.22. The fourth-order valence-corrected chi connectivity index (χ4v) is 2.97. The second-order valence-corrected chi connectivity index (χ2v) is 5.90. The van der Waals surface area contributed by atoms with Crippen molar-refractivity contribution in [2.45, 2.75) is 44.0 Å². The molecule has 6 nitrogen and oxygen atoms in total. The van der Waals surface area contributed by atoms with E-state index in [1.807, 2.05) is 6.92 Å². The summed E-state index contributed by atoms with van der Waals surface area (Å²) < 4.78 is 28.0. The summed E-state index contributed by atoms with van der Waals surface area (Å²) in [5, 5.41) is 3.82. The molecule has 0 saturated carbocycles. The van der Waals surface area contributed by atoms with Crippen molar-refractivity contribution in [2.75, 3.05) is 5.73 Å². The van der Waals surface area contributed by atoms with Crippen molar-refractivity contribution in [1.29, 1.82) is 0 Å². The minimum absolute atomic E-state index is 0.0303. The molecule has 1 rings (SSSR count). The van der Waals surface area contributed by atoms with Gasteiger partial charge in [-0.25, -0.2) is 13.1 Å². The van der Waals surface area contributed by atoms with E-state index >= 15 is 0 Å². The van der Waals surface area contributed by atoms with Crippen molar-refractivity contribution in [3.8, 4) is 0 Å². The van der Waals surface area contributed by atoms with Crippen LogP contribution in [-0.4, -0.2) is 24.2 Å². The molecular formula is C10H20N4O2S. The molecule has 1 unspecified atom stereocenters. The molecule has 0 spiro atoms. The van der Waals surface area contributed by atoms with E-state index in [0.29, 0.717) is 0 Å². The van der Waals surface area contributed by atoms with Crippen LogP contribution >= 0.6 is 0 Å². The van der Waals surface area contributed by atoms with E-state index in [4.69, 9.17) is 5.73 Å². The first kappa shape index (κ1) is 14.0. The molecule has 17 heavy (non-hydrogen) atoms. The summed E-state index contributed by atoms with van der Waals surface area (Å²) in [5.74, 6) is 0.0303. The minimum atomic E-state index is -3.56. The monoisotopic (exact) mass is 260 g/mol. The molecule has 0 bridgehead atoms. The fourth-order valence-electron chi connectivity index (χ4n) is 1.59. The molecule has 0 radical (unpaired) electrons. The van der Waals surface area contributed by atoms with Gasteiger partial charge in [0.1, 0.15) is 4.90 Å². The molecule has 0 aliphatic carbocycles. The molecule has 0 amide bonds. The molecule has 0 fully saturated rings. The topological polar surface area (TPSA) is 90.0 Å². The summed E-state index contributed by atoms with van der Waals surface area (Å²) in [4.78, 5) is 0.0448. The maximum Gasteiger partial charge on any atom is 0.246 e. The SMILES string of the molecule is CCCCC(C)NS(=O)(=O)c1cn(C)nc1N. The second kappa shape index (κ2) is 5.50. The van der Waals surface area contributed by atoms with Crippen LogP contribution in [-0.2, 0) is 17.1 Å². The number of nitrogen functional groups attached to an aromatic ring is 1. The average molecular weight is 260 g/mol. The zero-order chi connectivity index (χ0) is 13.1. The lowest BCUT2D eigenvalue weighted by Crippen LogP contribution is -2.32. The largest absolute Gasteiger partial charge is 0.381 e. The lowest BCUT2D eigenvalue weighted by Gasteiger charge is -2.12. The van der Waals surface area contributed by atoms with E-state index in [-0.39, 0.29) is 16.8 Å². The Morgan fingerprint density at radius 3 is 2.71 bits per heavy atom. The number of sulfonamides is 1. The number of nitrogens with one attached hydrogen (secondary N) is 1. The summed E-state index contributed by atoms with van der Waals surface area (Å²) in [5.41, 5.74) is 5.55. The van der Waals surface area contributed by atoms with Crippen LogP contribution in [0.5, 0.6) is 0 Å².